The van der Waals surface area contributed by atoms with Gasteiger partial charge < -0.3 is 14.9 Å². The number of nitrogens with zero attached hydrogens (tertiary/aromatic N) is 6. The Labute approximate surface area is 175 Å². The number of rotatable bonds is 2. The molecule has 0 aromatic carbocycles. The average Bonchev–Trinajstić information content (AvgIpc) is 2.75. The lowest BCUT2D eigenvalue weighted by molar-refractivity contribution is -0.192. The summed E-state index contributed by atoms with van der Waals surface area (Å²) in [5, 5.41) is 23.5. The molecule has 0 saturated carbocycles. The van der Waals surface area contributed by atoms with E-state index in [1.54, 1.807) is 15.9 Å². The van der Waals surface area contributed by atoms with Crippen LogP contribution in [0.5, 0.6) is 0 Å². The number of amides is 2. The zero-order valence-corrected chi connectivity index (χ0v) is 16.7. The summed E-state index contributed by atoms with van der Waals surface area (Å²) in [6, 6.07) is 3.71. The van der Waals surface area contributed by atoms with Crippen LogP contribution in [-0.2, 0) is 9.59 Å². The van der Waals surface area contributed by atoms with E-state index in [4.69, 9.17) is 15.2 Å². The fourth-order valence-corrected chi connectivity index (χ4v) is 3.56. The molecule has 0 unspecified atom stereocenters. The Morgan fingerprint density at radius 2 is 1.84 bits per heavy atom. The van der Waals surface area contributed by atoms with Crippen molar-refractivity contribution in [2.45, 2.75) is 24.6 Å². The van der Waals surface area contributed by atoms with Gasteiger partial charge in [0.2, 0.25) is 5.91 Å². The highest BCUT2D eigenvalue weighted by Gasteiger charge is 2.49. The van der Waals surface area contributed by atoms with E-state index >= 15 is 0 Å². The van der Waals surface area contributed by atoms with Gasteiger partial charge in [-0.3, -0.25) is 14.5 Å². The molecular weight excluding hydrogens is 421 g/mol. The van der Waals surface area contributed by atoms with Crippen LogP contribution in [0.15, 0.2) is 18.5 Å². The number of aliphatic carboxylic acids is 1. The zero-order chi connectivity index (χ0) is 23.2. The summed E-state index contributed by atoms with van der Waals surface area (Å²) < 4.78 is 31.7. The lowest BCUT2D eigenvalue weighted by atomic mass is 9.82. The van der Waals surface area contributed by atoms with Gasteiger partial charge in [0.25, 0.3) is 5.91 Å². The van der Waals surface area contributed by atoms with Crippen LogP contribution in [0.25, 0.3) is 0 Å². The molecule has 13 heteroatoms. The zero-order valence-electron chi connectivity index (χ0n) is 16.7. The summed E-state index contributed by atoms with van der Waals surface area (Å²) >= 11 is 0. The highest BCUT2D eigenvalue weighted by Crippen LogP contribution is 2.33. The van der Waals surface area contributed by atoms with E-state index in [9.17, 15) is 22.8 Å². The number of piperazine rings is 1. The number of carbonyl (C=O) groups excluding carboxylic acids is 2. The van der Waals surface area contributed by atoms with Crippen molar-refractivity contribution in [2.75, 3.05) is 39.8 Å². The largest absolute Gasteiger partial charge is 0.490 e. The number of piperidine rings is 1. The van der Waals surface area contributed by atoms with Gasteiger partial charge >= 0.3 is 12.1 Å². The van der Waals surface area contributed by atoms with E-state index in [0.29, 0.717) is 38.0 Å². The van der Waals surface area contributed by atoms with Crippen LogP contribution in [-0.4, -0.2) is 99.3 Å². The maximum absolute atomic E-state index is 12.9. The first-order chi connectivity index (χ1) is 14.5. The normalized spacial score (nSPS) is 18.7. The summed E-state index contributed by atoms with van der Waals surface area (Å²) in [7, 11) is 1.95. The third-order valence-corrected chi connectivity index (χ3v) is 5.33. The Morgan fingerprint density at radius 3 is 2.32 bits per heavy atom. The number of alkyl halides is 3. The lowest BCUT2D eigenvalue weighted by Gasteiger charge is -2.51. The van der Waals surface area contributed by atoms with E-state index in [2.05, 4.69) is 21.2 Å². The smallest absolute Gasteiger partial charge is 0.475 e. The van der Waals surface area contributed by atoms with Crippen molar-refractivity contribution < 1.29 is 32.7 Å². The van der Waals surface area contributed by atoms with Crippen LogP contribution in [0.2, 0.25) is 0 Å². The molecule has 168 valence electrons. The fraction of sp³-hybridized carbons (Fsp3) is 0.556. The standard InChI is InChI=1S/C16H20N6O2.C2HF3O2/c1-20-10-11-22(9-5-17)15(24)16(20)3-7-21(8-4-16)14(23)13-2-6-18-19-12-13;3-2(4,5)1(6)7/h2,6,12H,3-4,7-11H2,1H3;(H,6,7). The van der Waals surface area contributed by atoms with Crippen molar-refractivity contribution in [2.24, 2.45) is 0 Å². The van der Waals surface area contributed by atoms with Gasteiger partial charge in [-0.15, -0.1) is 0 Å². The molecule has 0 radical (unpaired) electrons. The Morgan fingerprint density at radius 1 is 1.23 bits per heavy atom. The van der Waals surface area contributed by atoms with Crippen molar-refractivity contribution in [1.82, 2.24) is 24.9 Å². The van der Waals surface area contributed by atoms with Gasteiger partial charge in [0.05, 0.1) is 24.0 Å². The number of hydrogen-bond acceptors (Lipinski definition) is 7. The average molecular weight is 442 g/mol. The monoisotopic (exact) mass is 442 g/mol. The molecule has 2 aliphatic rings. The van der Waals surface area contributed by atoms with Crippen molar-refractivity contribution in [1.29, 1.82) is 5.26 Å². The first-order valence-electron chi connectivity index (χ1n) is 9.26. The molecule has 3 rings (SSSR count). The number of nitriles is 1. The highest BCUT2D eigenvalue weighted by atomic mass is 19.4. The van der Waals surface area contributed by atoms with E-state index in [1.807, 2.05) is 7.05 Å². The first-order valence-corrected chi connectivity index (χ1v) is 9.26. The molecule has 3 heterocycles. The molecule has 0 atom stereocenters. The van der Waals surface area contributed by atoms with Crippen LogP contribution >= 0.6 is 0 Å². The molecule has 31 heavy (non-hydrogen) atoms. The van der Waals surface area contributed by atoms with Gasteiger partial charge in [-0.25, -0.2) is 4.79 Å². The third-order valence-electron chi connectivity index (χ3n) is 5.33. The molecule has 10 nitrogen and oxygen atoms in total. The second-order valence-electron chi connectivity index (χ2n) is 7.06. The summed E-state index contributed by atoms with van der Waals surface area (Å²) in [6.45, 7) is 2.47. The third kappa shape index (κ3) is 5.46. The topological polar surface area (TPSA) is 131 Å². The van der Waals surface area contributed by atoms with Crippen LogP contribution in [0.3, 0.4) is 0 Å². The Balaban J connectivity index is 0.000000423. The van der Waals surface area contributed by atoms with Gasteiger partial charge in [-0.05, 0) is 26.0 Å². The Bertz CT molecular complexity index is 850. The van der Waals surface area contributed by atoms with E-state index in [0.717, 1.165) is 6.54 Å². The maximum atomic E-state index is 12.9. The fourth-order valence-electron chi connectivity index (χ4n) is 3.56. The summed E-state index contributed by atoms with van der Waals surface area (Å²) in [5.74, 6) is -2.83. The molecule has 1 spiro atoms. The SMILES string of the molecule is CN1CCN(CC#N)C(=O)C12CCN(C(=O)c1ccnnc1)CC2.O=C(O)C(F)(F)F. The molecule has 2 fully saturated rings. The maximum Gasteiger partial charge on any atom is 0.490 e. The van der Waals surface area contributed by atoms with Crippen molar-refractivity contribution in [3.63, 3.8) is 0 Å². The predicted molar refractivity (Wildman–Crippen MR) is 98.4 cm³/mol. The number of halogens is 3. The minimum absolute atomic E-state index is 0.00970. The van der Waals surface area contributed by atoms with Crippen LogP contribution in [0.1, 0.15) is 23.2 Å². The summed E-state index contributed by atoms with van der Waals surface area (Å²) in [5.41, 5.74) is -0.0853. The van der Waals surface area contributed by atoms with Gasteiger partial charge in [-0.2, -0.15) is 28.6 Å². The number of aromatic nitrogens is 2. The minimum Gasteiger partial charge on any atom is -0.475 e. The number of carboxylic acids is 1. The quantitative estimate of drug-likeness (QED) is 0.651. The van der Waals surface area contributed by atoms with E-state index in [1.165, 1.54) is 12.4 Å². The van der Waals surface area contributed by atoms with Crippen molar-refractivity contribution in [3.05, 3.63) is 24.0 Å². The second-order valence-corrected chi connectivity index (χ2v) is 7.06. The minimum atomic E-state index is -5.08. The van der Waals surface area contributed by atoms with Crippen LogP contribution in [0, 0.1) is 11.3 Å². The highest BCUT2D eigenvalue weighted by molar-refractivity contribution is 5.94. The second kappa shape index (κ2) is 9.69. The molecule has 2 amide bonds. The Kier molecular flexibility index (Phi) is 7.50. The van der Waals surface area contributed by atoms with Gasteiger partial charge in [0.1, 0.15) is 12.1 Å². The van der Waals surface area contributed by atoms with Crippen LogP contribution in [0.4, 0.5) is 13.2 Å². The van der Waals surface area contributed by atoms with Crippen molar-refractivity contribution >= 4 is 17.8 Å². The number of likely N-dealkylation sites (N-methyl/N-ethyl adjacent to an activating group) is 1. The lowest BCUT2D eigenvalue weighted by Crippen LogP contribution is -2.68. The molecule has 1 aromatic rings. The molecule has 0 bridgehead atoms. The molecule has 2 aliphatic heterocycles. The van der Waals surface area contributed by atoms with Gasteiger partial charge in [-0.1, -0.05) is 0 Å². The molecule has 2 saturated heterocycles. The van der Waals surface area contributed by atoms with Crippen molar-refractivity contribution in [3.8, 4) is 6.07 Å². The molecule has 0 aliphatic carbocycles. The first kappa shape index (κ1) is 24.0. The van der Waals surface area contributed by atoms with Crippen LogP contribution < -0.4 is 0 Å². The van der Waals surface area contributed by atoms with E-state index < -0.39 is 17.7 Å². The number of carboxylic acid groups (broad SMARTS) is 1. The molecular formula is C18H21F3N6O4. The predicted octanol–water partition coefficient (Wildman–Crippen LogP) is 0.382. The molecule has 1 aromatic heterocycles. The molecule has 1 N–H and O–H groups in total. The Hall–Kier alpha value is -3.27. The number of hydrogen-bond donors (Lipinski definition) is 1. The summed E-state index contributed by atoms with van der Waals surface area (Å²) in [6.07, 6.45) is -0.973. The van der Waals surface area contributed by atoms with Gasteiger partial charge in [0, 0.05) is 26.2 Å². The summed E-state index contributed by atoms with van der Waals surface area (Å²) in [4.78, 5) is 39.7. The number of likely N-dealkylation sites (tertiary alicyclic amines) is 1. The van der Waals surface area contributed by atoms with Gasteiger partial charge in [0.15, 0.2) is 0 Å². The number of carbonyl (C=O) groups is 3. The van der Waals surface area contributed by atoms with E-state index in [-0.39, 0.29) is 18.4 Å².